The van der Waals surface area contributed by atoms with Gasteiger partial charge in [0.15, 0.2) is 9.84 Å². The first-order valence-electron chi connectivity index (χ1n) is 5.48. The highest BCUT2D eigenvalue weighted by Gasteiger charge is 2.32. The highest BCUT2D eigenvalue weighted by atomic mass is 35.5. The molecule has 1 aromatic rings. The van der Waals surface area contributed by atoms with Gasteiger partial charge in [-0.05, 0) is 6.42 Å². The number of aliphatic hydroxyl groups is 1. The molecule has 0 spiro atoms. The van der Waals surface area contributed by atoms with E-state index in [0.29, 0.717) is 17.8 Å². The summed E-state index contributed by atoms with van der Waals surface area (Å²) in [6.07, 6.45) is 1.86. The Morgan fingerprint density at radius 2 is 2.28 bits per heavy atom. The molecule has 2 heterocycles. The molecule has 0 bridgehead atoms. The lowest BCUT2D eigenvalue weighted by Crippen LogP contribution is -2.34. The maximum atomic E-state index is 11.5. The zero-order valence-electron chi connectivity index (χ0n) is 9.87. The van der Waals surface area contributed by atoms with Crippen LogP contribution in [-0.4, -0.2) is 48.1 Å². The molecule has 18 heavy (non-hydrogen) atoms. The minimum Gasteiger partial charge on any atom is -0.391 e. The summed E-state index contributed by atoms with van der Waals surface area (Å²) in [5, 5.41) is 9.47. The third kappa shape index (κ3) is 2.57. The molecule has 1 aliphatic rings. The topological polar surface area (TPSA) is 83.4 Å². The van der Waals surface area contributed by atoms with Crippen molar-refractivity contribution in [3.05, 3.63) is 17.0 Å². The van der Waals surface area contributed by atoms with Crippen molar-refractivity contribution in [2.75, 3.05) is 23.5 Å². The average Bonchev–Trinajstić information content (AvgIpc) is 2.68. The highest BCUT2D eigenvalue weighted by molar-refractivity contribution is 7.91. The molecular formula is C10H14ClN3O3S. The number of anilines is 1. The van der Waals surface area contributed by atoms with Gasteiger partial charge in [-0.25, -0.2) is 18.4 Å². The summed E-state index contributed by atoms with van der Waals surface area (Å²) in [6, 6.07) is -0.133. The molecule has 0 saturated carbocycles. The monoisotopic (exact) mass is 291 g/mol. The summed E-state index contributed by atoms with van der Waals surface area (Å²) in [5.41, 5.74) is 0.422. The van der Waals surface area contributed by atoms with Gasteiger partial charge >= 0.3 is 0 Å². The fourth-order valence-corrected chi connectivity index (χ4v) is 4.04. The molecule has 1 saturated heterocycles. The van der Waals surface area contributed by atoms with Gasteiger partial charge in [-0.2, -0.15) is 0 Å². The normalized spacial score (nSPS) is 22.1. The van der Waals surface area contributed by atoms with Crippen molar-refractivity contribution in [2.45, 2.75) is 19.1 Å². The van der Waals surface area contributed by atoms with Gasteiger partial charge in [-0.15, -0.1) is 0 Å². The predicted molar refractivity (Wildman–Crippen MR) is 68.4 cm³/mol. The molecule has 1 N–H and O–H groups in total. The van der Waals surface area contributed by atoms with E-state index in [0.717, 1.165) is 0 Å². The van der Waals surface area contributed by atoms with Crippen molar-refractivity contribution in [3.8, 4) is 0 Å². The Balaban J connectivity index is 2.29. The Morgan fingerprint density at radius 1 is 1.56 bits per heavy atom. The van der Waals surface area contributed by atoms with Gasteiger partial charge in [0.05, 0.1) is 23.7 Å². The Hall–Kier alpha value is -0.920. The number of hydrogen-bond acceptors (Lipinski definition) is 6. The minimum atomic E-state index is -2.96. The van der Waals surface area contributed by atoms with E-state index in [2.05, 4.69) is 9.97 Å². The molecule has 1 aliphatic heterocycles. The molecule has 0 aliphatic carbocycles. The third-order valence-corrected chi connectivity index (χ3v) is 5.19. The van der Waals surface area contributed by atoms with E-state index in [1.54, 1.807) is 11.9 Å². The second kappa shape index (κ2) is 4.99. The summed E-state index contributed by atoms with van der Waals surface area (Å²) in [6.45, 7) is -0.279. The van der Waals surface area contributed by atoms with Crippen LogP contribution in [0.3, 0.4) is 0 Å². The second-order valence-corrected chi connectivity index (χ2v) is 6.88. The lowest BCUT2D eigenvalue weighted by Gasteiger charge is -2.26. The Kier molecular flexibility index (Phi) is 3.74. The number of halogens is 1. The second-order valence-electron chi connectivity index (χ2n) is 4.29. The molecule has 6 nitrogen and oxygen atoms in total. The fraction of sp³-hybridized carbons (Fsp3) is 0.600. The van der Waals surface area contributed by atoms with Crippen molar-refractivity contribution >= 4 is 27.3 Å². The van der Waals surface area contributed by atoms with Crippen LogP contribution in [0.4, 0.5) is 5.82 Å². The van der Waals surface area contributed by atoms with Crippen LogP contribution in [0, 0.1) is 0 Å². The number of hydrogen-bond donors (Lipinski definition) is 1. The van der Waals surface area contributed by atoms with E-state index >= 15 is 0 Å². The minimum absolute atomic E-state index is 0.107. The molecule has 1 atom stereocenters. The van der Waals surface area contributed by atoms with Gasteiger partial charge < -0.3 is 10.0 Å². The quantitative estimate of drug-likeness (QED) is 0.804. The standard InChI is InChI=1S/C10H14ClN3O3S/c1-14(7-2-3-18(16,17)5-7)10-8(4-15)9(11)12-6-13-10/h6-7,15H,2-5H2,1H3. The van der Waals surface area contributed by atoms with E-state index in [1.807, 2.05) is 0 Å². The Labute approximate surface area is 111 Å². The molecular weight excluding hydrogens is 278 g/mol. The van der Waals surface area contributed by atoms with Gasteiger partial charge in [0.2, 0.25) is 0 Å². The number of aliphatic hydroxyl groups excluding tert-OH is 1. The van der Waals surface area contributed by atoms with E-state index in [-0.39, 0.29) is 29.3 Å². The van der Waals surface area contributed by atoms with Crippen LogP contribution in [0.15, 0.2) is 6.33 Å². The van der Waals surface area contributed by atoms with Gasteiger partial charge in [0.25, 0.3) is 0 Å². The third-order valence-electron chi connectivity index (χ3n) is 3.12. The van der Waals surface area contributed by atoms with Crippen molar-refractivity contribution in [2.24, 2.45) is 0 Å². The highest BCUT2D eigenvalue weighted by Crippen LogP contribution is 2.27. The maximum Gasteiger partial charge on any atom is 0.152 e. The summed E-state index contributed by atoms with van der Waals surface area (Å²) in [5.74, 6) is 0.783. The van der Waals surface area contributed by atoms with E-state index in [9.17, 15) is 13.5 Å². The molecule has 8 heteroatoms. The fourth-order valence-electron chi connectivity index (χ4n) is 2.08. The van der Waals surface area contributed by atoms with Crippen LogP contribution < -0.4 is 4.90 Å². The van der Waals surface area contributed by atoms with Crippen molar-refractivity contribution < 1.29 is 13.5 Å². The molecule has 100 valence electrons. The Morgan fingerprint density at radius 3 is 2.83 bits per heavy atom. The predicted octanol–water partition coefficient (Wildman–Crippen LogP) is 0.246. The van der Waals surface area contributed by atoms with Gasteiger partial charge in [0, 0.05) is 13.1 Å². The maximum absolute atomic E-state index is 11.5. The number of sulfone groups is 1. The first-order chi connectivity index (χ1) is 8.44. The average molecular weight is 292 g/mol. The van der Waals surface area contributed by atoms with Crippen LogP contribution in [0.1, 0.15) is 12.0 Å². The lowest BCUT2D eigenvalue weighted by molar-refractivity contribution is 0.281. The van der Waals surface area contributed by atoms with Crippen LogP contribution in [-0.2, 0) is 16.4 Å². The van der Waals surface area contributed by atoms with E-state index in [1.165, 1.54) is 6.33 Å². The van der Waals surface area contributed by atoms with Gasteiger partial charge in [-0.3, -0.25) is 0 Å². The van der Waals surface area contributed by atoms with Gasteiger partial charge in [-0.1, -0.05) is 11.6 Å². The SMILES string of the molecule is CN(c1ncnc(Cl)c1CO)C1CCS(=O)(=O)C1. The summed E-state index contributed by atoms with van der Waals surface area (Å²) >= 11 is 5.88. The Bertz CT molecular complexity index is 549. The van der Waals surface area contributed by atoms with Crippen LogP contribution in [0.2, 0.25) is 5.15 Å². The summed E-state index contributed by atoms with van der Waals surface area (Å²) < 4.78 is 22.9. The van der Waals surface area contributed by atoms with Gasteiger partial charge in [0.1, 0.15) is 17.3 Å². The first kappa shape index (κ1) is 13.5. The number of rotatable bonds is 3. The molecule has 0 radical (unpaired) electrons. The molecule has 2 rings (SSSR count). The molecule has 0 amide bonds. The van der Waals surface area contributed by atoms with Crippen molar-refractivity contribution in [1.29, 1.82) is 0 Å². The van der Waals surface area contributed by atoms with Crippen LogP contribution in [0.5, 0.6) is 0 Å². The molecule has 1 aromatic heterocycles. The number of nitrogens with zero attached hydrogens (tertiary/aromatic N) is 3. The summed E-state index contributed by atoms with van der Waals surface area (Å²) in [7, 11) is -1.21. The van der Waals surface area contributed by atoms with E-state index < -0.39 is 9.84 Å². The van der Waals surface area contributed by atoms with Crippen molar-refractivity contribution in [1.82, 2.24) is 9.97 Å². The zero-order chi connectivity index (χ0) is 13.3. The smallest absolute Gasteiger partial charge is 0.152 e. The van der Waals surface area contributed by atoms with E-state index in [4.69, 9.17) is 11.6 Å². The van der Waals surface area contributed by atoms with Crippen LogP contribution in [0.25, 0.3) is 0 Å². The molecule has 0 aromatic carbocycles. The van der Waals surface area contributed by atoms with Crippen molar-refractivity contribution in [3.63, 3.8) is 0 Å². The molecule has 1 unspecified atom stereocenters. The first-order valence-corrected chi connectivity index (χ1v) is 7.68. The molecule has 1 fully saturated rings. The lowest BCUT2D eigenvalue weighted by atomic mass is 10.2. The summed E-state index contributed by atoms with van der Waals surface area (Å²) in [4.78, 5) is 9.63. The zero-order valence-corrected chi connectivity index (χ0v) is 11.4. The number of aromatic nitrogens is 2. The largest absolute Gasteiger partial charge is 0.391 e. The van der Waals surface area contributed by atoms with Crippen LogP contribution >= 0.6 is 11.6 Å².